The lowest BCUT2D eigenvalue weighted by molar-refractivity contribution is -0.142. The fraction of sp³-hybridized carbons (Fsp3) is 0.444. The van der Waals surface area contributed by atoms with Crippen molar-refractivity contribution in [2.24, 2.45) is 5.92 Å². The molecule has 0 saturated carbocycles. The van der Waals surface area contributed by atoms with E-state index >= 15 is 0 Å². The number of carboxylic acids is 1. The average Bonchev–Trinajstić information content (AvgIpc) is 3.18. The van der Waals surface area contributed by atoms with Gasteiger partial charge in [0.2, 0.25) is 5.91 Å². The zero-order chi connectivity index (χ0) is 25.4. The van der Waals surface area contributed by atoms with Gasteiger partial charge in [0.05, 0.1) is 0 Å². The molecule has 7 nitrogen and oxygen atoms in total. The van der Waals surface area contributed by atoms with Crippen molar-refractivity contribution < 1.29 is 24.2 Å². The van der Waals surface area contributed by atoms with Gasteiger partial charge in [-0.1, -0.05) is 68.8 Å². The van der Waals surface area contributed by atoms with Crippen LogP contribution in [0.4, 0.5) is 4.79 Å². The highest BCUT2D eigenvalue weighted by Gasteiger charge is 2.31. The number of fused-ring (bicyclic) bond motifs is 3. The Labute approximate surface area is 211 Å². The van der Waals surface area contributed by atoms with Crippen molar-refractivity contribution in [1.82, 2.24) is 10.6 Å². The molecule has 0 aromatic heterocycles. The smallest absolute Gasteiger partial charge is 0.407 e. The molecule has 0 spiro atoms. The van der Waals surface area contributed by atoms with Crippen LogP contribution >= 0.6 is 11.8 Å². The molecule has 188 valence electrons. The predicted octanol–water partition coefficient (Wildman–Crippen LogP) is 4.65. The minimum Gasteiger partial charge on any atom is -0.480 e. The Bertz CT molecular complexity index is 998. The van der Waals surface area contributed by atoms with E-state index in [2.05, 4.69) is 22.8 Å². The highest BCUT2D eigenvalue weighted by Crippen LogP contribution is 2.44. The first kappa shape index (κ1) is 26.6. The zero-order valence-corrected chi connectivity index (χ0v) is 21.3. The van der Waals surface area contributed by atoms with Gasteiger partial charge in [-0.25, -0.2) is 9.59 Å². The molecule has 2 aromatic rings. The van der Waals surface area contributed by atoms with E-state index in [9.17, 15) is 19.5 Å². The number of hydrogen-bond donors (Lipinski definition) is 3. The first-order valence-electron chi connectivity index (χ1n) is 12.0. The number of carboxylic acid groups (broad SMARTS) is 1. The number of nitrogens with one attached hydrogen (secondary N) is 2. The van der Waals surface area contributed by atoms with Crippen molar-refractivity contribution in [3.8, 4) is 11.1 Å². The number of amides is 2. The Kier molecular flexibility index (Phi) is 9.60. The molecule has 3 N–H and O–H groups in total. The molecule has 8 heteroatoms. The monoisotopic (exact) mass is 498 g/mol. The molecule has 0 aliphatic heterocycles. The Morgan fingerprint density at radius 2 is 1.60 bits per heavy atom. The summed E-state index contributed by atoms with van der Waals surface area (Å²) >= 11 is 1.51. The Balaban J connectivity index is 1.67. The van der Waals surface area contributed by atoms with Gasteiger partial charge in [0.15, 0.2) is 0 Å². The second-order valence-electron chi connectivity index (χ2n) is 8.95. The standard InChI is InChI=1S/C27H34N2O5S/c1-4-17(2)15-24(25(30)28-23(26(31)32)13-14-35-3)29-27(33)34-16-22-20-11-7-5-9-18(20)19-10-6-8-12-21(19)22/h5-12,17,22-24H,4,13-16H2,1-3H3,(H,28,30)(H,29,33)(H,31,32). The van der Waals surface area contributed by atoms with Crippen molar-refractivity contribution in [2.45, 2.75) is 51.1 Å². The van der Waals surface area contributed by atoms with Crippen LogP contribution < -0.4 is 10.6 Å². The minimum atomic E-state index is -1.09. The SMILES string of the molecule is CCC(C)CC(NC(=O)OCC1c2ccccc2-c2ccccc21)C(=O)NC(CCSC)C(=O)O. The Hall–Kier alpha value is -3.00. The van der Waals surface area contributed by atoms with E-state index in [1.165, 1.54) is 11.8 Å². The second kappa shape index (κ2) is 12.6. The van der Waals surface area contributed by atoms with Crippen molar-refractivity contribution in [2.75, 3.05) is 18.6 Å². The molecule has 1 aliphatic carbocycles. The van der Waals surface area contributed by atoms with E-state index in [0.29, 0.717) is 18.6 Å². The third-order valence-electron chi connectivity index (χ3n) is 6.51. The molecule has 2 aromatic carbocycles. The van der Waals surface area contributed by atoms with E-state index in [0.717, 1.165) is 28.7 Å². The number of aliphatic carboxylic acids is 1. The summed E-state index contributed by atoms with van der Waals surface area (Å²) in [6.45, 7) is 4.14. The molecule has 1 aliphatic rings. The lowest BCUT2D eigenvalue weighted by atomic mass is 9.98. The fourth-order valence-corrected chi connectivity index (χ4v) is 4.82. The Morgan fingerprint density at radius 1 is 1.00 bits per heavy atom. The van der Waals surface area contributed by atoms with Gasteiger partial charge < -0.3 is 20.5 Å². The van der Waals surface area contributed by atoms with Crippen LogP contribution in [0.3, 0.4) is 0 Å². The molecule has 0 heterocycles. The molecule has 2 amide bonds. The van der Waals surface area contributed by atoms with Crippen LogP contribution in [-0.4, -0.2) is 53.8 Å². The van der Waals surface area contributed by atoms with Crippen LogP contribution in [0, 0.1) is 5.92 Å². The third kappa shape index (κ3) is 6.78. The average molecular weight is 499 g/mol. The third-order valence-corrected chi connectivity index (χ3v) is 7.16. The molecule has 3 rings (SSSR count). The molecule has 0 radical (unpaired) electrons. The first-order chi connectivity index (χ1) is 16.8. The number of benzene rings is 2. The number of rotatable bonds is 12. The van der Waals surface area contributed by atoms with E-state index in [4.69, 9.17) is 4.74 Å². The lowest BCUT2D eigenvalue weighted by Gasteiger charge is -2.23. The maximum atomic E-state index is 12.9. The van der Waals surface area contributed by atoms with Crippen LogP contribution in [-0.2, 0) is 14.3 Å². The minimum absolute atomic E-state index is 0.0853. The van der Waals surface area contributed by atoms with Gasteiger partial charge in [0.1, 0.15) is 18.7 Å². The van der Waals surface area contributed by atoms with E-state index in [-0.39, 0.29) is 18.4 Å². The molecule has 35 heavy (non-hydrogen) atoms. The highest BCUT2D eigenvalue weighted by atomic mass is 32.2. The van der Waals surface area contributed by atoms with Crippen molar-refractivity contribution in [3.63, 3.8) is 0 Å². The summed E-state index contributed by atoms with van der Waals surface area (Å²) in [7, 11) is 0. The summed E-state index contributed by atoms with van der Waals surface area (Å²) in [5, 5.41) is 14.7. The van der Waals surface area contributed by atoms with Crippen molar-refractivity contribution in [3.05, 3.63) is 59.7 Å². The normalized spacial score (nSPS) is 14.8. The van der Waals surface area contributed by atoms with Crippen molar-refractivity contribution in [1.29, 1.82) is 0 Å². The van der Waals surface area contributed by atoms with Crippen molar-refractivity contribution >= 4 is 29.7 Å². The number of alkyl carbamates (subject to hydrolysis) is 1. The van der Waals surface area contributed by atoms with Gasteiger partial charge in [0, 0.05) is 5.92 Å². The molecular formula is C27H34N2O5S. The van der Waals surface area contributed by atoms with Crippen LogP contribution in [0.2, 0.25) is 0 Å². The van der Waals surface area contributed by atoms with E-state index in [1.54, 1.807) is 0 Å². The maximum Gasteiger partial charge on any atom is 0.407 e. The second-order valence-corrected chi connectivity index (χ2v) is 9.94. The topological polar surface area (TPSA) is 105 Å². The number of hydrogen-bond acceptors (Lipinski definition) is 5. The van der Waals surface area contributed by atoms with Gasteiger partial charge >= 0.3 is 12.1 Å². The van der Waals surface area contributed by atoms with Crippen LogP contribution in [0.5, 0.6) is 0 Å². The maximum absolute atomic E-state index is 12.9. The van der Waals surface area contributed by atoms with Crippen LogP contribution in [0.15, 0.2) is 48.5 Å². The van der Waals surface area contributed by atoms with Crippen LogP contribution in [0.1, 0.15) is 50.2 Å². The lowest BCUT2D eigenvalue weighted by Crippen LogP contribution is -2.52. The van der Waals surface area contributed by atoms with Gasteiger partial charge in [0.25, 0.3) is 0 Å². The molecule has 3 atom stereocenters. The number of ether oxygens (including phenoxy) is 1. The Morgan fingerprint density at radius 3 is 2.14 bits per heavy atom. The number of carbonyl (C=O) groups is 3. The van der Waals surface area contributed by atoms with Crippen LogP contribution in [0.25, 0.3) is 11.1 Å². The summed E-state index contributed by atoms with van der Waals surface area (Å²) in [5.41, 5.74) is 4.48. The predicted molar refractivity (Wildman–Crippen MR) is 139 cm³/mol. The molecular weight excluding hydrogens is 464 g/mol. The summed E-state index contributed by atoms with van der Waals surface area (Å²) in [6.07, 6.45) is 2.71. The summed E-state index contributed by atoms with van der Waals surface area (Å²) in [5.74, 6) is -0.914. The quantitative estimate of drug-likeness (QED) is 0.393. The first-order valence-corrected chi connectivity index (χ1v) is 13.4. The van der Waals surface area contributed by atoms with Gasteiger partial charge in [-0.05, 0) is 53.0 Å². The molecule has 3 unspecified atom stereocenters. The zero-order valence-electron chi connectivity index (χ0n) is 20.5. The summed E-state index contributed by atoms with van der Waals surface area (Å²) in [4.78, 5) is 37.3. The fourth-order valence-electron chi connectivity index (χ4n) is 4.35. The molecule has 0 fully saturated rings. The number of thioether (sulfide) groups is 1. The van der Waals surface area contributed by atoms with E-state index < -0.39 is 30.1 Å². The highest BCUT2D eigenvalue weighted by molar-refractivity contribution is 7.98. The molecule has 0 bridgehead atoms. The van der Waals surface area contributed by atoms with E-state index in [1.807, 2.05) is 56.5 Å². The number of carbonyl (C=O) groups excluding carboxylic acids is 2. The largest absolute Gasteiger partial charge is 0.480 e. The summed E-state index contributed by atoms with van der Waals surface area (Å²) < 4.78 is 5.60. The van der Waals surface area contributed by atoms with Gasteiger partial charge in [-0.15, -0.1) is 0 Å². The van der Waals surface area contributed by atoms with Gasteiger partial charge in [-0.3, -0.25) is 4.79 Å². The summed E-state index contributed by atoms with van der Waals surface area (Å²) in [6, 6.07) is 14.3. The van der Waals surface area contributed by atoms with Gasteiger partial charge in [-0.2, -0.15) is 11.8 Å². The molecule has 0 saturated heterocycles.